The van der Waals surface area contributed by atoms with Crippen LogP contribution in [0.25, 0.3) is 0 Å². The van der Waals surface area contributed by atoms with E-state index in [1.165, 1.54) is 0 Å². The average molecular weight is 222 g/mol. The van der Waals surface area contributed by atoms with E-state index in [1.54, 1.807) is 10.9 Å². The lowest BCUT2D eigenvalue weighted by Crippen LogP contribution is -2.24. The van der Waals surface area contributed by atoms with Crippen LogP contribution in [0.1, 0.15) is 37.2 Å². The van der Waals surface area contributed by atoms with Gasteiger partial charge in [-0.25, -0.2) is 0 Å². The van der Waals surface area contributed by atoms with Gasteiger partial charge in [-0.3, -0.25) is 9.48 Å². The van der Waals surface area contributed by atoms with Crippen molar-refractivity contribution in [2.24, 2.45) is 5.92 Å². The van der Waals surface area contributed by atoms with Crippen LogP contribution in [0.2, 0.25) is 0 Å². The molecule has 1 fully saturated rings. The van der Waals surface area contributed by atoms with Gasteiger partial charge < -0.3 is 4.74 Å². The first-order valence-electron chi connectivity index (χ1n) is 5.91. The number of carbonyl (C=O) groups excluding carboxylic acids is 1. The summed E-state index contributed by atoms with van der Waals surface area (Å²) in [6, 6.07) is 1.81. The van der Waals surface area contributed by atoms with E-state index < -0.39 is 0 Å². The first-order valence-corrected chi connectivity index (χ1v) is 5.91. The molecule has 0 aromatic carbocycles. The Kier molecular flexibility index (Phi) is 3.39. The van der Waals surface area contributed by atoms with E-state index in [9.17, 15) is 4.79 Å². The smallest absolute Gasteiger partial charge is 0.186 e. The van der Waals surface area contributed by atoms with Crippen LogP contribution < -0.4 is 0 Å². The van der Waals surface area contributed by atoms with Crippen LogP contribution in [0.3, 0.4) is 0 Å². The monoisotopic (exact) mass is 222 g/mol. The Morgan fingerprint density at radius 2 is 2.50 bits per heavy atom. The Labute approximate surface area is 95.6 Å². The van der Waals surface area contributed by atoms with Gasteiger partial charge in [-0.2, -0.15) is 5.10 Å². The van der Waals surface area contributed by atoms with Gasteiger partial charge in [0.05, 0.1) is 12.0 Å². The van der Waals surface area contributed by atoms with Crippen LogP contribution >= 0.6 is 0 Å². The van der Waals surface area contributed by atoms with Crippen LogP contribution in [0.15, 0.2) is 12.3 Å². The summed E-state index contributed by atoms with van der Waals surface area (Å²) in [4.78, 5) is 12.3. The molecule has 2 atom stereocenters. The van der Waals surface area contributed by atoms with Gasteiger partial charge in [0, 0.05) is 19.3 Å². The lowest BCUT2D eigenvalue weighted by Gasteiger charge is -2.13. The molecule has 0 radical (unpaired) electrons. The van der Waals surface area contributed by atoms with E-state index in [1.807, 2.05) is 13.0 Å². The SMILES string of the molecule is CCCn1nccc1C(=O)C1CCOC1C. The van der Waals surface area contributed by atoms with E-state index in [0.29, 0.717) is 6.61 Å². The molecule has 2 rings (SSSR count). The highest BCUT2D eigenvalue weighted by Gasteiger charge is 2.32. The Balaban J connectivity index is 2.16. The van der Waals surface area contributed by atoms with Gasteiger partial charge in [0.15, 0.2) is 5.78 Å². The summed E-state index contributed by atoms with van der Waals surface area (Å²) in [7, 11) is 0. The summed E-state index contributed by atoms with van der Waals surface area (Å²) >= 11 is 0. The van der Waals surface area contributed by atoms with Crippen molar-refractivity contribution in [3.63, 3.8) is 0 Å². The number of ether oxygens (including phenoxy) is 1. The van der Waals surface area contributed by atoms with Crippen LogP contribution in [0.4, 0.5) is 0 Å². The zero-order valence-corrected chi connectivity index (χ0v) is 9.85. The van der Waals surface area contributed by atoms with Gasteiger partial charge in [-0.05, 0) is 25.8 Å². The number of ketones is 1. The van der Waals surface area contributed by atoms with Crippen molar-refractivity contribution in [2.75, 3.05) is 6.61 Å². The molecule has 1 aromatic rings. The fourth-order valence-electron chi connectivity index (χ4n) is 2.20. The molecule has 4 heteroatoms. The van der Waals surface area contributed by atoms with Crippen LogP contribution in [0.5, 0.6) is 0 Å². The lowest BCUT2D eigenvalue weighted by molar-refractivity contribution is 0.0755. The molecule has 2 unspecified atom stereocenters. The second kappa shape index (κ2) is 4.78. The Hall–Kier alpha value is -1.16. The number of hydrogen-bond donors (Lipinski definition) is 0. The fourth-order valence-corrected chi connectivity index (χ4v) is 2.20. The van der Waals surface area contributed by atoms with Gasteiger partial charge in [-0.15, -0.1) is 0 Å². The third kappa shape index (κ3) is 2.02. The summed E-state index contributed by atoms with van der Waals surface area (Å²) in [5.41, 5.74) is 0.726. The van der Waals surface area contributed by atoms with Gasteiger partial charge in [0.25, 0.3) is 0 Å². The number of hydrogen-bond acceptors (Lipinski definition) is 3. The number of aromatic nitrogens is 2. The summed E-state index contributed by atoms with van der Waals surface area (Å²) in [6.07, 6.45) is 3.55. The highest BCUT2D eigenvalue weighted by atomic mass is 16.5. The second-order valence-corrected chi connectivity index (χ2v) is 4.27. The van der Waals surface area contributed by atoms with Crippen molar-refractivity contribution in [1.29, 1.82) is 0 Å². The lowest BCUT2D eigenvalue weighted by atomic mass is 9.95. The third-order valence-corrected chi connectivity index (χ3v) is 3.12. The second-order valence-electron chi connectivity index (χ2n) is 4.27. The largest absolute Gasteiger partial charge is 0.378 e. The van der Waals surface area contributed by atoms with E-state index in [0.717, 1.165) is 25.1 Å². The normalized spacial score (nSPS) is 24.9. The maximum Gasteiger partial charge on any atom is 0.186 e. The molecule has 0 spiro atoms. The molecule has 1 aliphatic rings. The third-order valence-electron chi connectivity index (χ3n) is 3.12. The molecule has 1 aromatic heterocycles. The molecule has 0 N–H and O–H groups in total. The minimum atomic E-state index is 0.00676. The average Bonchev–Trinajstić information content (AvgIpc) is 2.87. The molecule has 1 aliphatic heterocycles. The molecular formula is C12H18N2O2. The number of nitrogens with zero attached hydrogens (tertiary/aromatic N) is 2. The number of rotatable bonds is 4. The van der Waals surface area contributed by atoms with Gasteiger partial charge in [0.1, 0.15) is 5.69 Å². The summed E-state index contributed by atoms with van der Waals surface area (Å²) in [5.74, 6) is 0.184. The van der Waals surface area contributed by atoms with E-state index in [2.05, 4.69) is 12.0 Å². The van der Waals surface area contributed by atoms with Crippen molar-refractivity contribution in [1.82, 2.24) is 9.78 Å². The molecule has 1 saturated heterocycles. The van der Waals surface area contributed by atoms with Gasteiger partial charge >= 0.3 is 0 Å². The van der Waals surface area contributed by atoms with E-state index in [4.69, 9.17) is 4.74 Å². The fraction of sp³-hybridized carbons (Fsp3) is 0.667. The molecule has 2 heterocycles. The highest BCUT2D eigenvalue weighted by Crippen LogP contribution is 2.24. The van der Waals surface area contributed by atoms with Crippen LogP contribution in [0, 0.1) is 5.92 Å². The Morgan fingerprint density at radius 1 is 1.69 bits per heavy atom. The zero-order chi connectivity index (χ0) is 11.5. The highest BCUT2D eigenvalue weighted by molar-refractivity contribution is 5.96. The van der Waals surface area contributed by atoms with Crippen LogP contribution in [-0.4, -0.2) is 28.3 Å². The molecule has 4 nitrogen and oxygen atoms in total. The van der Waals surface area contributed by atoms with E-state index in [-0.39, 0.29) is 17.8 Å². The predicted molar refractivity (Wildman–Crippen MR) is 60.4 cm³/mol. The quantitative estimate of drug-likeness (QED) is 0.731. The van der Waals surface area contributed by atoms with Crippen molar-refractivity contribution in [3.8, 4) is 0 Å². The summed E-state index contributed by atoms with van der Waals surface area (Å²) < 4.78 is 7.23. The minimum Gasteiger partial charge on any atom is -0.378 e. The van der Waals surface area contributed by atoms with Crippen molar-refractivity contribution < 1.29 is 9.53 Å². The summed E-state index contributed by atoms with van der Waals surface area (Å²) in [6.45, 7) is 5.54. The topological polar surface area (TPSA) is 44.1 Å². The Bertz CT molecular complexity index is 373. The molecular weight excluding hydrogens is 204 g/mol. The Morgan fingerprint density at radius 3 is 3.12 bits per heavy atom. The maximum absolute atomic E-state index is 12.3. The van der Waals surface area contributed by atoms with Crippen molar-refractivity contribution >= 4 is 5.78 Å². The van der Waals surface area contributed by atoms with Crippen molar-refractivity contribution in [2.45, 2.75) is 39.3 Å². The molecule has 0 bridgehead atoms. The van der Waals surface area contributed by atoms with Gasteiger partial charge in [0.2, 0.25) is 0 Å². The number of carbonyl (C=O) groups is 1. The molecule has 0 amide bonds. The number of aryl methyl sites for hydroxylation is 1. The number of Topliss-reactive ketones (excluding diaryl/α,β-unsaturated/α-hetero) is 1. The molecule has 16 heavy (non-hydrogen) atoms. The minimum absolute atomic E-state index is 0.00676. The van der Waals surface area contributed by atoms with Gasteiger partial charge in [-0.1, -0.05) is 6.92 Å². The molecule has 0 saturated carbocycles. The van der Waals surface area contributed by atoms with E-state index >= 15 is 0 Å². The first-order chi connectivity index (χ1) is 7.74. The molecule has 88 valence electrons. The van der Waals surface area contributed by atoms with Crippen LogP contribution in [-0.2, 0) is 11.3 Å². The predicted octanol–water partition coefficient (Wildman–Crippen LogP) is 1.90. The standard InChI is InChI=1S/C12H18N2O2/c1-3-7-14-11(4-6-13-14)12(15)10-5-8-16-9(10)2/h4,6,9-10H,3,5,7-8H2,1-2H3. The maximum atomic E-state index is 12.3. The zero-order valence-electron chi connectivity index (χ0n) is 9.85. The molecule has 0 aliphatic carbocycles. The first kappa shape index (κ1) is 11.3. The summed E-state index contributed by atoms with van der Waals surface area (Å²) in [5, 5.41) is 4.18. The van der Waals surface area contributed by atoms with Crippen molar-refractivity contribution in [3.05, 3.63) is 18.0 Å².